The Labute approximate surface area is 262 Å². The molecule has 3 amide bonds. The Morgan fingerprint density at radius 3 is 1.88 bits per heavy atom. The highest BCUT2D eigenvalue weighted by atomic mass is 35.5. The minimum atomic E-state index is -0.522. The third-order valence-electron chi connectivity index (χ3n) is 7.65. The van der Waals surface area contributed by atoms with Crippen LogP contribution in [-0.4, -0.2) is 17.0 Å². The summed E-state index contributed by atoms with van der Waals surface area (Å²) in [7, 11) is 0. The van der Waals surface area contributed by atoms with E-state index in [0.717, 1.165) is 18.4 Å². The standard InChI is InChI=1S/C36H48ClN3O3/c1-2-3-4-5-6-7-8-9-10-11-12-13-14-15-19-28-20-16-17-23-32(28)35(42)38-31-24-25-33(34(41)27-31)40-36(43)39-30-22-18-21-29(37)26-30/h16-18,20-27,41H,2-15,19H2,1H3,(H,38,42)(H2,39,40,43). The maximum Gasteiger partial charge on any atom is 0.323 e. The van der Waals surface area contributed by atoms with E-state index >= 15 is 0 Å². The number of benzene rings is 3. The summed E-state index contributed by atoms with van der Waals surface area (Å²) in [6.07, 6.45) is 19.3. The lowest BCUT2D eigenvalue weighted by atomic mass is 9.99. The van der Waals surface area contributed by atoms with Gasteiger partial charge in [0.2, 0.25) is 0 Å². The van der Waals surface area contributed by atoms with Gasteiger partial charge in [0.05, 0.1) is 5.69 Å². The molecular weight excluding hydrogens is 558 g/mol. The monoisotopic (exact) mass is 605 g/mol. The molecule has 0 aliphatic rings. The highest BCUT2D eigenvalue weighted by molar-refractivity contribution is 6.30. The number of rotatable bonds is 19. The van der Waals surface area contributed by atoms with Crippen LogP contribution in [0.3, 0.4) is 0 Å². The fourth-order valence-corrected chi connectivity index (χ4v) is 5.42. The summed E-state index contributed by atoms with van der Waals surface area (Å²) in [5, 5.41) is 19.1. The molecule has 0 bridgehead atoms. The van der Waals surface area contributed by atoms with Gasteiger partial charge in [0.15, 0.2) is 0 Å². The number of phenols is 1. The number of carbonyl (C=O) groups is 2. The van der Waals surface area contributed by atoms with E-state index in [0.29, 0.717) is 22.0 Å². The van der Waals surface area contributed by atoms with Crippen molar-refractivity contribution < 1.29 is 14.7 Å². The Hall–Kier alpha value is -3.51. The molecule has 7 heteroatoms. The number of hydrogen-bond acceptors (Lipinski definition) is 3. The first kappa shape index (κ1) is 34.0. The number of nitrogens with one attached hydrogen (secondary N) is 3. The van der Waals surface area contributed by atoms with Gasteiger partial charge in [-0.2, -0.15) is 0 Å². The summed E-state index contributed by atoms with van der Waals surface area (Å²) in [5.41, 5.74) is 2.85. The molecule has 0 saturated heterocycles. The molecule has 43 heavy (non-hydrogen) atoms. The van der Waals surface area contributed by atoms with E-state index in [-0.39, 0.29) is 17.3 Å². The molecule has 3 aromatic carbocycles. The lowest BCUT2D eigenvalue weighted by Crippen LogP contribution is -2.19. The summed E-state index contributed by atoms with van der Waals surface area (Å²) in [4.78, 5) is 25.4. The molecule has 4 N–H and O–H groups in total. The second kappa shape index (κ2) is 19.6. The minimum absolute atomic E-state index is 0.158. The van der Waals surface area contributed by atoms with Gasteiger partial charge in [0.1, 0.15) is 5.75 Å². The predicted molar refractivity (Wildman–Crippen MR) is 181 cm³/mol. The third-order valence-corrected chi connectivity index (χ3v) is 7.88. The summed E-state index contributed by atoms with van der Waals surface area (Å²) < 4.78 is 0. The first-order valence-corrected chi connectivity index (χ1v) is 16.4. The average Bonchev–Trinajstić information content (AvgIpc) is 2.99. The first-order chi connectivity index (χ1) is 21.0. The molecule has 0 atom stereocenters. The van der Waals surface area contributed by atoms with Gasteiger partial charge in [-0.1, -0.05) is 126 Å². The van der Waals surface area contributed by atoms with Gasteiger partial charge in [-0.3, -0.25) is 4.79 Å². The maximum atomic E-state index is 13.1. The number of amides is 3. The van der Waals surface area contributed by atoms with E-state index in [9.17, 15) is 14.7 Å². The fourth-order valence-electron chi connectivity index (χ4n) is 5.23. The molecule has 3 aromatic rings. The Balaban J connectivity index is 1.36. The topological polar surface area (TPSA) is 90.5 Å². The number of halogens is 1. The molecule has 232 valence electrons. The van der Waals surface area contributed by atoms with Crippen LogP contribution in [0.15, 0.2) is 66.7 Å². The predicted octanol–water partition coefficient (Wildman–Crippen LogP) is 11.0. The lowest BCUT2D eigenvalue weighted by molar-refractivity contribution is 0.102. The zero-order valence-corrected chi connectivity index (χ0v) is 26.4. The minimum Gasteiger partial charge on any atom is -0.506 e. The average molecular weight is 606 g/mol. The molecule has 0 heterocycles. The second-order valence-corrected chi connectivity index (χ2v) is 11.7. The fraction of sp³-hybridized carbons (Fsp3) is 0.444. The normalized spacial score (nSPS) is 10.8. The molecule has 3 rings (SSSR count). The molecule has 0 fully saturated rings. The van der Waals surface area contributed by atoms with Gasteiger partial charge >= 0.3 is 6.03 Å². The van der Waals surface area contributed by atoms with E-state index in [4.69, 9.17) is 11.6 Å². The van der Waals surface area contributed by atoms with Crippen LogP contribution in [0.1, 0.15) is 113 Å². The van der Waals surface area contributed by atoms with Crippen molar-refractivity contribution in [3.05, 3.63) is 82.9 Å². The van der Waals surface area contributed by atoms with E-state index in [2.05, 4.69) is 22.9 Å². The van der Waals surface area contributed by atoms with Crippen molar-refractivity contribution in [2.45, 2.75) is 103 Å². The number of anilines is 3. The zero-order chi connectivity index (χ0) is 30.7. The molecule has 0 aromatic heterocycles. The van der Waals surface area contributed by atoms with Crippen LogP contribution >= 0.6 is 11.6 Å². The van der Waals surface area contributed by atoms with Crippen molar-refractivity contribution >= 4 is 40.6 Å². The maximum absolute atomic E-state index is 13.1. The van der Waals surface area contributed by atoms with Crippen LogP contribution in [0.4, 0.5) is 21.9 Å². The van der Waals surface area contributed by atoms with Gasteiger partial charge in [0, 0.05) is 28.0 Å². The van der Waals surface area contributed by atoms with Crippen molar-refractivity contribution in [1.82, 2.24) is 0 Å². The Bertz CT molecular complexity index is 1280. The molecular formula is C36H48ClN3O3. The molecule has 0 spiro atoms. The van der Waals surface area contributed by atoms with E-state index in [1.165, 1.54) is 89.5 Å². The Morgan fingerprint density at radius 2 is 1.26 bits per heavy atom. The van der Waals surface area contributed by atoms with Gasteiger partial charge in [-0.15, -0.1) is 0 Å². The van der Waals surface area contributed by atoms with Crippen LogP contribution in [0.5, 0.6) is 5.75 Å². The number of urea groups is 1. The van der Waals surface area contributed by atoms with Crippen molar-refractivity contribution in [3.63, 3.8) is 0 Å². The number of aryl methyl sites for hydroxylation is 1. The van der Waals surface area contributed by atoms with Crippen LogP contribution in [0.2, 0.25) is 5.02 Å². The van der Waals surface area contributed by atoms with Gasteiger partial charge < -0.3 is 21.1 Å². The zero-order valence-electron chi connectivity index (χ0n) is 25.6. The Kier molecular flexibility index (Phi) is 15.5. The van der Waals surface area contributed by atoms with E-state index < -0.39 is 6.03 Å². The lowest BCUT2D eigenvalue weighted by Gasteiger charge is -2.13. The number of aromatic hydroxyl groups is 1. The number of phenolic OH excluding ortho intramolecular Hbond substituents is 1. The molecule has 6 nitrogen and oxygen atoms in total. The number of hydrogen-bond donors (Lipinski definition) is 4. The SMILES string of the molecule is CCCCCCCCCCCCCCCCc1ccccc1C(=O)Nc1ccc(NC(=O)Nc2cccc(Cl)c2)c(O)c1. The molecule has 0 saturated carbocycles. The second-order valence-electron chi connectivity index (χ2n) is 11.3. The highest BCUT2D eigenvalue weighted by Gasteiger charge is 2.13. The van der Waals surface area contributed by atoms with Crippen molar-refractivity contribution in [2.24, 2.45) is 0 Å². The summed E-state index contributed by atoms with van der Waals surface area (Å²) in [6, 6.07) is 18.5. The van der Waals surface area contributed by atoms with E-state index in [1.54, 1.807) is 36.4 Å². The van der Waals surface area contributed by atoms with Crippen LogP contribution in [0, 0.1) is 0 Å². The highest BCUT2D eigenvalue weighted by Crippen LogP contribution is 2.28. The number of unbranched alkanes of at least 4 members (excludes halogenated alkanes) is 13. The molecule has 0 unspecified atom stereocenters. The van der Waals surface area contributed by atoms with Gasteiger partial charge in [0.25, 0.3) is 5.91 Å². The third kappa shape index (κ3) is 13.1. The smallest absolute Gasteiger partial charge is 0.323 e. The first-order valence-electron chi connectivity index (χ1n) is 16.0. The number of carbonyl (C=O) groups excluding carboxylic acids is 2. The largest absolute Gasteiger partial charge is 0.506 e. The summed E-state index contributed by atoms with van der Waals surface area (Å²) in [6.45, 7) is 2.27. The van der Waals surface area contributed by atoms with Crippen molar-refractivity contribution in [1.29, 1.82) is 0 Å². The van der Waals surface area contributed by atoms with Crippen LogP contribution < -0.4 is 16.0 Å². The molecule has 0 aliphatic heterocycles. The molecule has 0 radical (unpaired) electrons. The van der Waals surface area contributed by atoms with Crippen molar-refractivity contribution in [3.8, 4) is 5.75 Å². The van der Waals surface area contributed by atoms with Crippen LogP contribution in [-0.2, 0) is 6.42 Å². The Morgan fingerprint density at radius 1 is 0.651 bits per heavy atom. The molecule has 0 aliphatic carbocycles. The summed E-state index contributed by atoms with van der Waals surface area (Å²) in [5.74, 6) is -0.380. The van der Waals surface area contributed by atoms with Crippen LogP contribution in [0.25, 0.3) is 0 Å². The summed E-state index contributed by atoms with van der Waals surface area (Å²) >= 11 is 5.96. The van der Waals surface area contributed by atoms with Gasteiger partial charge in [-0.05, 0) is 54.8 Å². The van der Waals surface area contributed by atoms with E-state index in [1.807, 2.05) is 24.3 Å². The van der Waals surface area contributed by atoms with Gasteiger partial charge in [-0.25, -0.2) is 4.79 Å². The quantitative estimate of drug-likeness (QED) is 0.0809. The van der Waals surface area contributed by atoms with Crippen molar-refractivity contribution in [2.75, 3.05) is 16.0 Å².